The van der Waals surface area contributed by atoms with E-state index in [2.05, 4.69) is 65.9 Å². The van der Waals surface area contributed by atoms with Crippen LogP contribution in [0.5, 0.6) is 0 Å². The fraction of sp³-hybridized carbons (Fsp3) is 0.682. The standard InChI is InChI=1S/C22H37N5.HI/c1-5-23-22(24-16-20-10-11-25(6-2)17-20)27-14-12-26(13-15-27)21-9-7-8-18(3)19(21)4;/h7-9,20H,5-6,10-17H2,1-4H3,(H,23,24);1H. The number of anilines is 1. The molecule has 28 heavy (non-hydrogen) atoms. The zero-order valence-corrected chi connectivity index (χ0v) is 20.4. The normalized spacial score (nSPS) is 21.0. The molecule has 6 heteroatoms. The minimum atomic E-state index is 0. The predicted octanol–water partition coefficient (Wildman–Crippen LogP) is 3.35. The number of benzene rings is 1. The van der Waals surface area contributed by atoms with Gasteiger partial charge in [-0.3, -0.25) is 4.99 Å². The number of aryl methyl sites for hydroxylation is 1. The number of likely N-dealkylation sites (tertiary alicyclic amines) is 1. The molecule has 2 heterocycles. The van der Waals surface area contributed by atoms with Crippen molar-refractivity contribution in [3.05, 3.63) is 29.3 Å². The maximum absolute atomic E-state index is 5.00. The van der Waals surface area contributed by atoms with Crippen LogP contribution in [0.4, 0.5) is 5.69 Å². The zero-order chi connectivity index (χ0) is 19.2. The van der Waals surface area contributed by atoms with Crippen molar-refractivity contribution in [1.29, 1.82) is 0 Å². The van der Waals surface area contributed by atoms with Crippen molar-refractivity contribution in [3.8, 4) is 0 Å². The van der Waals surface area contributed by atoms with Crippen LogP contribution >= 0.6 is 24.0 Å². The van der Waals surface area contributed by atoms with Crippen molar-refractivity contribution in [2.45, 2.75) is 34.1 Å². The second-order valence-electron chi connectivity index (χ2n) is 7.94. The molecule has 158 valence electrons. The van der Waals surface area contributed by atoms with Gasteiger partial charge in [-0.15, -0.1) is 24.0 Å². The molecule has 1 aromatic rings. The van der Waals surface area contributed by atoms with Gasteiger partial charge in [-0.2, -0.15) is 0 Å². The maximum atomic E-state index is 5.00. The second kappa shape index (κ2) is 11.2. The first kappa shape index (κ1) is 23.3. The van der Waals surface area contributed by atoms with Crippen molar-refractivity contribution in [1.82, 2.24) is 15.1 Å². The molecule has 2 aliphatic heterocycles. The summed E-state index contributed by atoms with van der Waals surface area (Å²) >= 11 is 0. The van der Waals surface area contributed by atoms with Gasteiger partial charge in [-0.1, -0.05) is 19.1 Å². The number of aliphatic imine (C=N–C) groups is 1. The topological polar surface area (TPSA) is 34.1 Å². The van der Waals surface area contributed by atoms with Crippen LogP contribution in [0, 0.1) is 19.8 Å². The Labute approximate surface area is 188 Å². The minimum Gasteiger partial charge on any atom is -0.368 e. The lowest BCUT2D eigenvalue weighted by Crippen LogP contribution is -2.52. The van der Waals surface area contributed by atoms with Gasteiger partial charge in [0.15, 0.2) is 5.96 Å². The lowest BCUT2D eigenvalue weighted by Gasteiger charge is -2.38. The van der Waals surface area contributed by atoms with Crippen LogP contribution in [0.25, 0.3) is 0 Å². The molecule has 0 radical (unpaired) electrons. The fourth-order valence-corrected chi connectivity index (χ4v) is 4.23. The first-order chi connectivity index (χ1) is 13.1. The minimum absolute atomic E-state index is 0. The van der Waals surface area contributed by atoms with Gasteiger partial charge in [-0.25, -0.2) is 0 Å². The number of guanidine groups is 1. The molecule has 2 fully saturated rings. The monoisotopic (exact) mass is 499 g/mol. The summed E-state index contributed by atoms with van der Waals surface area (Å²) in [5, 5.41) is 3.52. The van der Waals surface area contributed by atoms with Gasteiger partial charge in [0.25, 0.3) is 0 Å². The molecule has 3 rings (SSSR count). The number of rotatable bonds is 5. The average Bonchev–Trinajstić information content (AvgIpc) is 3.16. The molecule has 0 spiro atoms. The molecule has 2 saturated heterocycles. The molecule has 1 aromatic carbocycles. The summed E-state index contributed by atoms with van der Waals surface area (Å²) in [6.07, 6.45) is 1.29. The van der Waals surface area contributed by atoms with Crippen molar-refractivity contribution < 1.29 is 0 Å². The second-order valence-corrected chi connectivity index (χ2v) is 7.94. The highest BCUT2D eigenvalue weighted by molar-refractivity contribution is 14.0. The van der Waals surface area contributed by atoms with Crippen LogP contribution in [-0.4, -0.2) is 74.7 Å². The van der Waals surface area contributed by atoms with Crippen LogP contribution in [-0.2, 0) is 0 Å². The first-order valence-electron chi connectivity index (χ1n) is 10.7. The summed E-state index contributed by atoms with van der Waals surface area (Å²) in [7, 11) is 0. The summed E-state index contributed by atoms with van der Waals surface area (Å²) in [6.45, 7) is 18.5. The Balaban J connectivity index is 0.00000280. The smallest absolute Gasteiger partial charge is 0.194 e. The Morgan fingerprint density at radius 3 is 2.50 bits per heavy atom. The fourth-order valence-electron chi connectivity index (χ4n) is 4.23. The third-order valence-corrected chi connectivity index (χ3v) is 6.15. The summed E-state index contributed by atoms with van der Waals surface area (Å²) < 4.78 is 0. The molecule has 2 aliphatic rings. The lowest BCUT2D eigenvalue weighted by molar-refractivity contribution is 0.342. The van der Waals surface area contributed by atoms with E-state index < -0.39 is 0 Å². The highest BCUT2D eigenvalue weighted by atomic mass is 127. The van der Waals surface area contributed by atoms with E-state index in [1.165, 1.54) is 42.9 Å². The molecule has 1 N–H and O–H groups in total. The molecule has 1 unspecified atom stereocenters. The zero-order valence-electron chi connectivity index (χ0n) is 18.1. The molecule has 0 saturated carbocycles. The van der Waals surface area contributed by atoms with Gasteiger partial charge in [-0.05, 0) is 63.4 Å². The van der Waals surface area contributed by atoms with E-state index >= 15 is 0 Å². The molecular weight excluding hydrogens is 461 g/mol. The van der Waals surface area contributed by atoms with Gasteiger partial charge in [0, 0.05) is 51.5 Å². The van der Waals surface area contributed by atoms with E-state index in [9.17, 15) is 0 Å². The molecule has 1 atom stereocenters. The molecule has 0 aromatic heterocycles. The van der Waals surface area contributed by atoms with Crippen LogP contribution < -0.4 is 10.2 Å². The van der Waals surface area contributed by atoms with E-state index in [0.29, 0.717) is 0 Å². The van der Waals surface area contributed by atoms with Crippen LogP contribution in [0.15, 0.2) is 23.2 Å². The summed E-state index contributed by atoms with van der Waals surface area (Å²) in [5.41, 5.74) is 4.18. The van der Waals surface area contributed by atoms with Gasteiger partial charge in [0.2, 0.25) is 0 Å². The Morgan fingerprint density at radius 2 is 1.86 bits per heavy atom. The number of hydrogen-bond donors (Lipinski definition) is 1. The maximum Gasteiger partial charge on any atom is 0.194 e. The third-order valence-electron chi connectivity index (χ3n) is 6.15. The molecule has 0 amide bonds. The average molecular weight is 499 g/mol. The van der Waals surface area contributed by atoms with Crippen molar-refractivity contribution >= 4 is 35.6 Å². The van der Waals surface area contributed by atoms with E-state index in [-0.39, 0.29) is 24.0 Å². The molecule has 0 bridgehead atoms. The largest absolute Gasteiger partial charge is 0.368 e. The van der Waals surface area contributed by atoms with Crippen molar-refractivity contribution in [2.75, 3.05) is 63.8 Å². The van der Waals surface area contributed by atoms with E-state index in [0.717, 1.165) is 51.1 Å². The van der Waals surface area contributed by atoms with Gasteiger partial charge >= 0.3 is 0 Å². The summed E-state index contributed by atoms with van der Waals surface area (Å²) in [4.78, 5) is 12.5. The number of nitrogens with one attached hydrogen (secondary N) is 1. The third kappa shape index (κ3) is 5.75. The van der Waals surface area contributed by atoms with Crippen LogP contribution in [0.3, 0.4) is 0 Å². The first-order valence-corrected chi connectivity index (χ1v) is 10.7. The quantitative estimate of drug-likeness (QED) is 0.383. The lowest BCUT2D eigenvalue weighted by atomic mass is 10.1. The summed E-state index contributed by atoms with van der Waals surface area (Å²) in [5.74, 6) is 1.82. The summed E-state index contributed by atoms with van der Waals surface area (Å²) in [6, 6.07) is 6.64. The molecule has 5 nitrogen and oxygen atoms in total. The Morgan fingerprint density at radius 1 is 1.11 bits per heavy atom. The highest BCUT2D eigenvalue weighted by Crippen LogP contribution is 2.24. The highest BCUT2D eigenvalue weighted by Gasteiger charge is 2.23. The van der Waals surface area contributed by atoms with E-state index in [1.807, 2.05) is 0 Å². The van der Waals surface area contributed by atoms with Gasteiger partial charge in [0.1, 0.15) is 0 Å². The number of hydrogen-bond acceptors (Lipinski definition) is 3. The van der Waals surface area contributed by atoms with Crippen LogP contribution in [0.1, 0.15) is 31.4 Å². The van der Waals surface area contributed by atoms with Crippen molar-refractivity contribution in [2.24, 2.45) is 10.9 Å². The van der Waals surface area contributed by atoms with Gasteiger partial charge in [0.05, 0.1) is 0 Å². The Bertz CT molecular complexity index is 640. The van der Waals surface area contributed by atoms with Crippen LogP contribution in [0.2, 0.25) is 0 Å². The Hall–Kier alpha value is -1.02. The SMILES string of the molecule is CCNC(=NCC1CCN(CC)C1)N1CCN(c2cccc(C)c2C)CC1.I. The Kier molecular flexibility index (Phi) is 9.34. The number of piperazine rings is 1. The van der Waals surface area contributed by atoms with Gasteiger partial charge < -0.3 is 20.0 Å². The van der Waals surface area contributed by atoms with Crippen molar-refractivity contribution in [3.63, 3.8) is 0 Å². The molecule has 0 aliphatic carbocycles. The van der Waals surface area contributed by atoms with E-state index in [4.69, 9.17) is 4.99 Å². The number of halogens is 1. The predicted molar refractivity (Wildman–Crippen MR) is 131 cm³/mol. The molecular formula is C22H38IN5. The van der Waals surface area contributed by atoms with E-state index in [1.54, 1.807) is 0 Å². The number of nitrogens with zero attached hydrogens (tertiary/aromatic N) is 4.